The van der Waals surface area contributed by atoms with E-state index in [1.165, 1.54) is 20.3 Å². The summed E-state index contributed by atoms with van der Waals surface area (Å²) in [5, 5.41) is 26.5. The van der Waals surface area contributed by atoms with Crippen molar-refractivity contribution >= 4 is 69.1 Å². The molecule has 0 saturated carbocycles. The maximum Gasteiger partial charge on any atom is 0.481 e. The number of nitrogens with zero attached hydrogens (tertiary/aromatic N) is 4. The molecule has 330 valence electrons. The van der Waals surface area contributed by atoms with Crippen LogP contribution in [0.5, 0.6) is 0 Å². The molecule has 1 aliphatic heterocycles. The molecule has 2 aromatic rings. The number of fused-ring (bicyclic) bond motifs is 1. The van der Waals surface area contributed by atoms with Gasteiger partial charge in [0.05, 0.1) is 19.5 Å². The Labute approximate surface area is 337 Å². The number of amides is 2. The number of aliphatic hydroxyl groups is 2. The monoisotopic (exact) mass is 907 g/mol. The number of hydrogen-bond acceptors (Lipinski definition) is 18. The van der Waals surface area contributed by atoms with Gasteiger partial charge in [-0.1, -0.05) is 64.6 Å². The molecule has 0 bridgehead atoms. The number of aliphatic hydroxyl groups excluding tert-OH is 2. The van der Waals surface area contributed by atoms with E-state index in [1.807, 2.05) is 0 Å². The highest BCUT2D eigenvalue weighted by molar-refractivity contribution is 8.13. The Morgan fingerprint density at radius 3 is 2.34 bits per heavy atom. The third-order valence-electron chi connectivity index (χ3n) is 8.50. The smallest absolute Gasteiger partial charge is 0.386 e. The van der Waals surface area contributed by atoms with Crippen molar-refractivity contribution in [2.45, 2.75) is 103 Å². The lowest BCUT2D eigenvalue weighted by molar-refractivity contribution is -0.137. The van der Waals surface area contributed by atoms with Crippen LogP contribution in [0.2, 0.25) is 0 Å². The van der Waals surface area contributed by atoms with Crippen LogP contribution in [0, 0.1) is 5.41 Å². The second-order valence-corrected chi connectivity index (χ2v) is 19.2. The SMILES string of the molecule is CCCCCCCCC(=O)SCCNC(=O)CCNC(=O)C(O)C(C)(C)COP(=O)(O)OP(=O)(O)OCC1OC(n2cnc3c(N)ncnc32)C(O)C1OP(=O)(O)O. The van der Waals surface area contributed by atoms with Crippen molar-refractivity contribution in [2.24, 2.45) is 5.41 Å². The highest BCUT2D eigenvalue weighted by atomic mass is 32.2. The van der Waals surface area contributed by atoms with Crippen LogP contribution in [0.3, 0.4) is 0 Å². The number of hydrogen-bond donors (Lipinski definition) is 9. The minimum absolute atomic E-state index is 0.0327. The molecule has 2 amide bonds. The van der Waals surface area contributed by atoms with Gasteiger partial charge in [-0.25, -0.2) is 28.6 Å². The lowest BCUT2D eigenvalue weighted by atomic mass is 9.87. The summed E-state index contributed by atoms with van der Waals surface area (Å²) < 4.78 is 62.2. The number of ether oxygens (including phenoxy) is 1. The number of imidazole rings is 1. The topological polar surface area (TPSA) is 364 Å². The van der Waals surface area contributed by atoms with Crippen LogP contribution < -0.4 is 16.4 Å². The summed E-state index contributed by atoms with van der Waals surface area (Å²) in [5.74, 6) is -1.03. The molecule has 7 atom stereocenters. The van der Waals surface area contributed by atoms with E-state index in [-0.39, 0.29) is 41.6 Å². The molecule has 28 heteroatoms. The van der Waals surface area contributed by atoms with Gasteiger partial charge in [0.1, 0.15) is 36.3 Å². The summed E-state index contributed by atoms with van der Waals surface area (Å²) >= 11 is 1.14. The van der Waals surface area contributed by atoms with Gasteiger partial charge in [-0.05, 0) is 6.42 Å². The first-order valence-electron chi connectivity index (χ1n) is 18.1. The molecule has 0 spiro atoms. The van der Waals surface area contributed by atoms with Gasteiger partial charge in [-0.15, -0.1) is 0 Å². The number of carbonyl (C=O) groups is 3. The molecule has 24 nitrogen and oxygen atoms in total. The number of rotatable bonds is 26. The van der Waals surface area contributed by atoms with Crippen molar-refractivity contribution in [3.8, 4) is 0 Å². The highest BCUT2D eigenvalue weighted by Crippen LogP contribution is 2.61. The predicted molar refractivity (Wildman–Crippen MR) is 205 cm³/mol. The molecule has 1 fully saturated rings. The molecule has 0 aliphatic carbocycles. The first-order chi connectivity index (χ1) is 27.1. The number of nitrogens with one attached hydrogen (secondary N) is 2. The van der Waals surface area contributed by atoms with Crippen LogP contribution >= 0.6 is 35.2 Å². The number of nitrogens with two attached hydrogens (primary N) is 1. The van der Waals surface area contributed by atoms with Gasteiger partial charge in [-0.3, -0.25) is 32.5 Å². The predicted octanol–water partition coefficient (Wildman–Crippen LogP) is 1.42. The van der Waals surface area contributed by atoms with E-state index in [9.17, 15) is 57.9 Å². The second-order valence-electron chi connectivity index (χ2n) is 13.8. The summed E-state index contributed by atoms with van der Waals surface area (Å²) in [6, 6.07) is 0. The van der Waals surface area contributed by atoms with Crippen molar-refractivity contribution in [3.63, 3.8) is 0 Å². The number of phosphoric acid groups is 3. The molecular weight excluding hydrogens is 855 g/mol. The average molecular weight is 908 g/mol. The fraction of sp³-hybridized carbons (Fsp3) is 0.733. The van der Waals surface area contributed by atoms with Gasteiger partial charge in [0.25, 0.3) is 0 Å². The number of nitrogen functional groups attached to an aromatic ring is 1. The summed E-state index contributed by atoms with van der Waals surface area (Å²) in [7, 11) is -16.4. The zero-order chi connectivity index (χ0) is 43.3. The molecule has 0 radical (unpaired) electrons. The average Bonchev–Trinajstić information content (AvgIpc) is 3.69. The van der Waals surface area contributed by atoms with Crippen LogP contribution in [0.1, 0.15) is 78.4 Å². The Morgan fingerprint density at radius 2 is 1.66 bits per heavy atom. The van der Waals surface area contributed by atoms with E-state index in [2.05, 4.69) is 41.3 Å². The van der Waals surface area contributed by atoms with Crippen molar-refractivity contribution < 1.29 is 80.5 Å². The van der Waals surface area contributed by atoms with E-state index >= 15 is 0 Å². The maximum atomic E-state index is 12.7. The van der Waals surface area contributed by atoms with E-state index < -0.39 is 84.6 Å². The molecule has 0 aromatic carbocycles. The zero-order valence-corrected chi connectivity index (χ0v) is 35.5. The molecule has 1 aliphatic rings. The van der Waals surface area contributed by atoms with Gasteiger partial charge in [0.2, 0.25) is 11.8 Å². The molecular formula is C30H52N7O17P3S. The molecule has 2 aromatic heterocycles. The Morgan fingerprint density at radius 1 is 0.983 bits per heavy atom. The normalized spacial score (nSPS) is 21.3. The Hall–Kier alpha value is -2.44. The van der Waals surface area contributed by atoms with Crippen molar-refractivity contribution in [1.29, 1.82) is 0 Å². The zero-order valence-electron chi connectivity index (χ0n) is 32.0. The van der Waals surface area contributed by atoms with Crippen LogP contribution in [-0.4, -0.2) is 123 Å². The lowest BCUT2D eigenvalue weighted by Crippen LogP contribution is -2.46. The first-order valence-corrected chi connectivity index (χ1v) is 23.6. The first kappa shape index (κ1) is 49.9. The third-order valence-corrected chi connectivity index (χ3v) is 12.5. The summed E-state index contributed by atoms with van der Waals surface area (Å²) in [5.41, 5.74) is 4.28. The molecule has 3 rings (SSSR count). The van der Waals surface area contributed by atoms with Crippen LogP contribution in [-0.2, 0) is 50.7 Å². The van der Waals surface area contributed by atoms with Gasteiger partial charge >= 0.3 is 23.5 Å². The number of unbranched alkanes of at least 4 members (excludes halogenated alkanes) is 5. The van der Waals surface area contributed by atoms with Crippen molar-refractivity contribution in [1.82, 2.24) is 30.2 Å². The summed E-state index contributed by atoms with van der Waals surface area (Å²) in [6.45, 7) is 2.70. The largest absolute Gasteiger partial charge is 0.481 e. The second kappa shape index (κ2) is 22.4. The minimum Gasteiger partial charge on any atom is -0.386 e. The van der Waals surface area contributed by atoms with Crippen molar-refractivity contribution in [2.75, 3.05) is 37.8 Å². The van der Waals surface area contributed by atoms with E-state index in [0.29, 0.717) is 12.2 Å². The van der Waals surface area contributed by atoms with E-state index in [0.717, 1.165) is 61.1 Å². The van der Waals surface area contributed by atoms with Crippen molar-refractivity contribution in [3.05, 3.63) is 12.7 Å². The van der Waals surface area contributed by atoms with E-state index in [1.54, 1.807) is 0 Å². The Bertz CT molecular complexity index is 1840. The number of anilines is 1. The molecule has 7 unspecified atom stereocenters. The van der Waals surface area contributed by atoms with Gasteiger partial charge < -0.3 is 50.9 Å². The molecule has 3 heterocycles. The minimum atomic E-state index is -5.57. The lowest BCUT2D eigenvalue weighted by Gasteiger charge is -2.30. The Kier molecular flexibility index (Phi) is 19.3. The number of phosphoric ester groups is 3. The highest BCUT2D eigenvalue weighted by Gasteiger charge is 2.50. The fourth-order valence-electron chi connectivity index (χ4n) is 5.42. The van der Waals surface area contributed by atoms with Gasteiger partial charge in [0.15, 0.2) is 22.8 Å². The van der Waals surface area contributed by atoms with E-state index in [4.69, 9.17) is 19.5 Å². The van der Waals surface area contributed by atoms with Crippen LogP contribution in [0.25, 0.3) is 11.2 Å². The number of aromatic nitrogens is 4. The number of carbonyl (C=O) groups excluding carboxylic acids is 3. The maximum absolute atomic E-state index is 12.7. The third kappa shape index (κ3) is 16.2. The Balaban J connectivity index is 1.43. The van der Waals surface area contributed by atoms with Crippen LogP contribution in [0.4, 0.5) is 5.82 Å². The fourth-order valence-corrected chi connectivity index (χ4v) is 8.97. The van der Waals surface area contributed by atoms with Crippen LogP contribution in [0.15, 0.2) is 12.7 Å². The summed E-state index contributed by atoms with van der Waals surface area (Å²) in [6.07, 6.45) is 0.0508. The molecule has 58 heavy (non-hydrogen) atoms. The summed E-state index contributed by atoms with van der Waals surface area (Å²) in [4.78, 5) is 87.7. The van der Waals surface area contributed by atoms with Gasteiger partial charge in [0, 0.05) is 37.1 Å². The molecule has 1 saturated heterocycles. The molecule has 10 N–H and O–H groups in total. The quantitative estimate of drug-likeness (QED) is 0.0476. The number of thioether (sulfide) groups is 1. The standard InChI is InChI=1S/C30H52N7O17P3S/c1-4-5-6-7-8-9-10-21(39)58-14-13-32-20(38)11-12-33-28(42)25(41)30(2,3)16-51-57(48,49)54-56(46,47)50-15-19-24(53-55(43,44)45)23(40)29(52-19)37-18-36-22-26(31)34-17-35-27(22)37/h17-19,23-25,29,40-41H,4-16H2,1-3H3,(H,32,38)(H,33,42)(H,46,47)(H,48,49)(H2,31,34,35)(H2,43,44,45). The van der Waals surface area contributed by atoms with Gasteiger partial charge in [-0.2, -0.15) is 4.31 Å².